The Morgan fingerprint density at radius 2 is 2.18 bits per heavy atom. The topological polar surface area (TPSA) is 45.2 Å². The van der Waals surface area contributed by atoms with Crippen molar-refractivity contribution in [3.63, 3.8) is 0 Å². The van der Waals surface area contributed by atoms with Crippen LogP contribution in [0.3, 0.4) is 0 Å². The van der Waals surface area contributed by atoms with Crippen LogP contribution in [0.5, 0.6) is 0 Å². The maximum atomic E-state index is 12.0. The zero-order valence-corrected chi connectivity index (χ0v) is 11.2. The van der Waals surface area contributed by atoms with Gasteiger partial charge in [0, 0.05) is 18.5 Å². The molecule has 4 nitrogen and oxygen atoms in total. The maximum absolute atomic E-state index is 12.0. The number of carbonyl (C=O) groups is 1. The molecule has 1 fully saturated rings. The summed E-state index contributed by atoms with van der Waals surface area (Å²) < 4.78 is 0. The molecule has 0 radical (unpaired) electrons. The van der Waals surface area contributed by atoms with Gasteiger partial charge in [0.15, 0.2) is 5.13 Å². The molecule has 0 saturated heterocycles. The third-order valence-corrected chi connectivity index (χ3v) is 4.17. The second kappa shape index (κ2) is 5.49. The van der Waals surface area contributed by atoms with E-state index < -0.39 is 0 Å². The van der Waals surface area contributed by atoms with Crippen molar-refractivity contribution in [3.8, 4) is 0 Å². The zero-order chi connectivity index (χ0) is 12.3. The highest BCUT2D eigenvalue weighted by molar-refractivity contribution is 7.14. The lowest BCUT2D eigenvalue weighted by molar-refractivity contribution is 0.239. The Morgan fingerprint density at radius 1 is 1.47 bits per heavy atom. The fourth-order valence-electron chi connectivity index (χ4n) is 2.10. The molecule has 1 heterocycles. The van der Waals surface area contributed by atoms with E-state index in [2.05, 4.69) is 10.3 Å². The predicted molar refractivity (Wildman–Crippen MR) is 70.7 cm³/mol. The summed E-state index contributed by atoms with van der Waals surface area (Å²) in [5.74, 6) is 0. The average molecular weight is 253 g/mol. The first-order valence-corrected chi connectivity index (χ1v) is 7.01. The van der Waals surface area contributed by atoms with Gasteiger partial charge in [0.25, 0.3) is 0 Å². The number of aromatic nitrogens is 1. The van der Waals surface area contributed by atoms with Gasteiger partial charge in [-0.3, -0.25) is 4.90 Å². The number of nitrogens with one attached hydrogen (secondary N) is 1. The second-order valence-corrected chi connectivity index (χ2v) is 5.45. The molecule has 17 heavy (non-hydrogen) atoms. The molecule has 1 N–H and O–H groups in total. The molecule has 0 atom stereocenters. The van der Waals surface area contributed by atoms with E-state index in [1.807, 2.05) is 12.3 Å². The molecule has 1 aliphatic rings. The molecule has 2 amide bonds. The number of aryl methyl sites for hydroxylation is 1. The molecular formula is C12H19N3OS. The number of thiazole rings is 1. The highest BCUT2D eigenvalue weighted by atomic mass is 32.1. The summed E-state index contributed by atoms with van der Waals surface area (Å²) in [7, 11) is 1.77. The summed E-state index contributed by atoms with van der Waals surface area (Å²) in [5.41, 5.74) is 0.960. The van der Waals surface area contributed by atoms with Gasteiger partial charge in [0.2, 0.25) is 0 Å². The van der Waals surface area contributed by atoms with Crippen LogP contribution in [0.25, 0.3) is 0 Å². The van der Waals surface area contributed by atoms with E-state index in [0.717, 1.165) is 23.7 Å². The summed E-state index contributed by atoms with van der Waals surface area (Å²) >= 11 is 1.50. The van der Waals surface area contributed by atoms with Crippen LogP contribution in [0.1, 0.15) is 37.8 Å². The SMILES string of the molecule is Cc1csc(N(C)C(=O)NC2CCCCC2)n1. The Hall–Kier alpha value is -1.10. The Labute approximate surface area is 106 Å². The first-order chi connectivity index (χ1) is 8.16. The van der Waals surface area contributed by atoms with Gasteiger partial charge in [0.05, 0.1) is 5.69 Å². The van der Waals surface area contributed by atoms with Crippen molar-refractivity contribution >= 4 is 22.5 Å². The zero-order valence-electron chi connectivity index (χ0n) is 10.4. The van der Waals surface area contributed by atoms with Crippen LogP contribution < -0.4 is 10.2 Å². The van der Waals surface area contributed by atoms with E-state index >= 15 is 0 Å². The minimum atomic E-state index is -0.0359. The minimum Gasteiger partial charge on any atom is -0.335 e. The van der Waals surface area contributed by atoms with E-state index in [0.29, 0.717) is 6.04 Å². The number of amides is 2. The molecule has 0 bridgehead atoms. The molecule has 1 aromatic heterocycles. The molecule has 1 aromatic rings. The molecule has 1 aliphatic carbocycles. The molecule has 5 heteroatoms. The van der Waals surface area contributed by atoms with E-state index in [4.69, 9.17) is 0 Å². The fraction of sp³-hybridized carbons (Fsp3) is 0.667. The highest BCUT2D eigenvalue weighted by Gasteiger charge is 2.19. The smallest absolute Gasteiger partial charge is 0.323 e. The van der Waals surface area contributed by atoms with Gasteiger partial charge in [-0.15, -0.1) is 11.3 Å². The van der Waals surface area contributed by atoms with Crippen molar-refractivity contribution in [2.45, 2.75) is 45.1 Å². The van der Waals surface area contributed by atoms with Crippen molar-refractivity contribution in [2.75, 3.05) is 11.9 Å². The van der Waals surface area contributed by atoms with Crippen LogP contribution in [0.15, 0.2) is 5.38 Å². The number of hydrogen-bond acceptors (Lipinski definition) is 3. The van der Waals surface area contributed by atoms with Crippen molar-refractivity contribution in [1.29, 1.82) is 0 Å². The first kappa shape index (κ1) is 12.4. The molecule has 2 rings (SSSR count). The Balaban J connectivity index is 1.90. The van der Waals surface area contributed by atoms with Crippen LogP contribution in [0.4, 0.5) is 9.93 Å². The van der Waals surface area contributed by atoms with E-state index in [9.17, 15) is 4.79 Å². The summed E-state index contributed by atoms with van der Waals surface area (Å²) in [6.07, 6.45) is 5.97. The lowest BCUT2D eigenvalue weighted by Crippen LogP contribution is -2.43. The third-order valence-electron chi connectivity index (χ3n) is 3.13. The Bertz CT molecular complexity index is 385. The largest absolute Gasteiger partial charge is 0.335 e. The van der Waals surface area contributed by atoms with Crippen LogP contribution in [-0.4, -0.2) is 24.1 Å². The summed E-state index contributed by atoms with van der Waals surface area (Å²) in [6.45, 7) is 1.94. The number of rotatable bonds is 2. The molecule has 0 aromatic carbocycles. The minimum absolute atomic E-state index is 0.0359. The van der Waals surface area contributed by atoms with Crippen LogP contribution >= 0.6 is 11.3 Å². The lowest BCUT2D eigenvalue weighted by Gasteiger charge is -2.25. The average Bonchev–Trinajstić information content (AvgIpc) is 2.76. The molecular weight excluding hydrogens is 234 g/mol. The van der Waals surface area contributed by atoms with Crippen molar-refractivity contribution in [2.24, 2.45) is 0 Å². The van der Waals surface area contributed by atoms with E-state index in [1.54, 1.807) is 11.9 Å². The summed E-state index contributed by atoms with van der Waals surface area (Å²) in [5, 5.41) is 5.80. The molecule has 94 valence electrons. The fourth-order valence-corrected chi connectivity index (χ4v) is 2.87. The third kappa shape index (κ3) is 3.19. The highest BCUT2D eigenvalue weighted by Crippen LogP contribution is 2.20. The van der Waals surface area contributed by atoms with Gasteiger partial charge in [-0.2, -0.15) is 0 Å². The molecule has 0 unspecified atom stereocenters. The van der Waals surface area contributed by atoms with Crippen molar-refractivity contribution < 1.29 is 4.79 Å². The number of urea groups is 1. The quantitative estimate of drug-likeness (QED) is 0.880. The predicted octanol–water partition coefficient (Wildman–Crippen LogP) is 2.93. The number of nitrogens with zero attached hydrogens (tertiary/aromatic N) is 2. The van der Waals surface area contributed by atoms with Crippen LogP contribution in [-0.2, 0) is 0 Å². The Morgan fingerprint density at radius 3 is 2.76 bits per heavy atom. The first-order valence-electron chi connectivity index (χ1n) is 6.13. The van der Waals surface area contributed by atoms with E-state index in [-0.39, 0.29) is 6.03 Å². The molecule has 0 spiro atoms. The van der Waals surface area contributed by atoms with Crippen molar-refractivity contribution in [3.05, 3.63) is 11.1 Å². The standard InChI is InChI=1S/C12H19N3OS/c1-9-8-17-12(13-9)15(2)11(16)14-10-6-4-3-5-7-10/h8,10H,3-7H2,1-2H3,(H,14,16). The monoisotopic (exact) mass is 253 g/mol. The Kier molecular flexibility index (Phi) is 3.99. The maximum Gasteiger partial charge on any atom is 0.323 e. The molecule has 1 saturated carbocycles. The summed E-state index contributed by atoms with van der Waals surface area (Å²) in [4.78, 5) is 17.9. The number of anilines is 1. The van der Waals surface area contributed by atoms with Gasteiger partial charge in [-0.05, 0) is 19.8 Å². The summed E-state index contributed by atoms with van der Waals surface area (Å²) in [6, 6.07) is 0.311. The second-order valence-electron chi connectivity index (χ2n) is 4.61. The van der Waals surface area contributed by atoms with Gasteiger partial charge < -0.3 is 5.32 Å². The van der Waals surface area contributed by atoms with Gasteiger partial charge in [-0.1, -0.05) is 19.3 Å². The molecule has 0 aliphatic heterocycles. The lowest BCUT2D eigenvalue weighted by atomic mass is 9.96. The van der Waals surface area contributed by atoms with Gasteiger partial charge in [-0.25, -0.2) is 9.78 Å². The van der Waals surface area contributed by atoms with Crippen LogP contribution in [0.2, 0.25) is 0 Å². The number of carbonyl (C=O) groups excluding carboxylic acids is 1. The van der Waals surface area contributed by atoms with E-state index in [1.165, 1.54) is 30.6 Å². The number of hydrogen-bond donors (Lipinski definition) is 1. The van der Waals surface area contributed by atoms with Crippen molar-refractivity contribution in [1.82, 2.24) is 10.3 Å². The van der Waals surface area contributed by atoms with Gasteiger partial charge in [0.1, 0.15) is 0 Å². The van der Waals surface area contributed by atoms with Gasteiger partial charge >= 0.3 is 6.03 Å². The van der Waals surface area contributed by atoms with Crippen LogP contribution in [0, 0.1) is 6.92 Å². The normalized spacial score (nSPS) is 16.8.